The van der Waals surface area contributed by atoms with Crippen molar-refractivity contribution >= 4 is 11.5 Å². The highest BCUT2D eigenvalue weighted by Crippen LogP contribution is 2.30. The minimum atomic E-state index is -0.859. The first-order valence-corrected chi connectivity index (χ1v) is 5.94. The molecule has 1 fully saturated rings. The molecule has 0 aromatic carbocycles. The second-order valence-corrected chi connectivity index (χ2v) is 4.53. The minimum absolute atomic E-state index is 0.356. The van der Waals surface area contributed by atoms with Gasteiger partial charge in [-0.25, -0.2) is 4.79 Å². The number of aryl methyl sites for hydroxylation is 1. The maximum atomic E-state index is 10.9. The quantitative estimate of drug-likeness (QED) is 0.779. The van der Waals surface area contributed by atoms with Crippen molar-refractivity contribution in [2.24, 2.45) is 13.0 Å². The minimum Gasteiger partial charge on any atom is -0.478 e. The second-order valence-electron chi connectivity index (χ2n) is 4.53. The molecule has 1 saturated heterocycles. The Morgan fingerprint density at radius 1 is 1.53 bits per heavy atom. The molecule has 0 aliphatic carbocycles. The van der Waals surface area contributed by atoms with Crippen LogP contribution >= 0.6 is 0 Å². The number of carboxylic acid groups (broad SMARTS) is 1. The van der Waals surface area contributed by atoms with Gasteiger partial charge in [-0.1, -0.05) is 0 Å². The number of hydrogen-bond donors (Lipinski definition) is 2. The summed E-state index contributed by atoms with van der Waals surface area (Å²) in [6.45, 7) is 1.93. The highest BCUT2D eigenvalue weighted by Gasteiger charge is 2.20. The third-order valence-electron chi connectivity index (χ3n) is 3.22. The molecule has 2 rings (SSSR count). The van der Waals surface area contributed by atoms with Crippen LogP contribution in [0.2, 0.25) is 0 Å². The van der Waals surface area contributed by atoms with Crippen molar-refractivity contribution < 1.29 is 9.90 Å². The van der Waals surface area contributed by atoms with Gasteiger partial charge in [-0.15, -0.1) is 0 Å². The highest BCUT2D eigenvalue weighted by molar-refractivity contribution is 5.90. The number of aromatic nitrogens is 1. The molecular weight excluding hydrogens is 216 g/mol. The van der Waals surface area contributed by atoms with E-state index in [0.717, 1.165) is 37.1 Å². The zero-order valence-electron chi connectivity index (χ0n) is 10.0. The number of aliphatic carboxylic acids is 1. The molecule has 0 atom stereocenters. The summed E-state index contributed by atoms with van der Waals surface area (Å²) in [5, 5.41) is 12.3. The van der Waals surface area contributed by atoms with Gasteiger partial charge in [0.05, 0.1) is 0 Å². The van der Waals surface area contributed by atoms with Gasteiger partial charge in [-0.3, -0.25) is 0 Å². The lowest BCUT2D eigenvalue weighted by Crippen LogP contribution is -2.28. The predicted octanol–water partition coefficient (Wildman–Crippen LogP) is 1.49. The van der Waals surface area contributed by atoms with Crippen LogP contribution in [0.1, 0.15) is 18.4 Å². The third-order valence-corrected chi connectivity index (χ3v) is 3.22. The molecule has 1 aliphatic rings. The molecule has 0 radical (unpaired) electrons. The van der Waals surface area contributed by atoms with E-state index in [2.05, 4.69) is 5.32 Å². The van der Waals surface area contributed by atoms with Crippen LogP contribution in [0.3, 0.4) is 0 Å². The Labute approximate surface area is 101 Å². The summed E-state index contributed by atoms with van der Waals surface area (Å²) in [6, 6.07) is 1.98. The molecular formula is C13H18N2O2. The summed E-state index contributed by atoms with van der Waals surface area (Å²) in [5.74, 6) is -0.503. The fraction of sp³-hybridized carbons (Fsp3) is 0.462. The van der Waals surface area contributed by atoms with E-state index in [-0.39, 0.29) is 0 Å². The molecule has 1 aliphatic heterocycles. The van der Waals surface area contributed by atoms with Gasteiger partial charge < -0.3 is 15.0 Å². The van der Waals surface area contributed by atoms with Gasteiger partial charge in [0.1, 0.15) is 0 Å². The molecule has 0 bridgehead atoms. The van der Waals surface area contributed by atoms with Gasteiger partial charge in [0.15, 0.2) is 0 Å². The summed E-state index contributed by atoms with van der Waals surface area (Å²) in [6.07, 6.45) is 7.32. The van der Waals surface area contributed by atoms with Crippen molar-refractivity contribution in [2.45, 2.75) is 12.8 Å². The topological polar surface area (TPSA) is 54.3 Å². The molecule has 1 aromatic rings. The SMILES string of the molecule is Cn1ccc(/C(=C/C(=O)O)C2CCNCC2)c1. The van der Waals surface area contributed by atoms with E-state index in [1.807, 2.05) is 30.1 Å². The van der Waals surface area contributed by atoms with Crippen LogP contribution in [0, 0.1) is 5.92 Å². The van der Waals surface area contributed by atoms with Crippen LogP contribution in [0.4, 0.5) is 0 Å². The van der Waals surface area contributed by atoms with Crippen LogP contribution in [-0.2, 0) is 11.8 Å². The molecule has 0 amide bonds. The number of allylic oxidation sites excluding steroid dienone is 1. The van der Waals surface area contributed by atoms with E-state index in [1.54, 1.807) is 0 Å². The maximum Gasteiger partial charge on any atom is 0.328 e. The smallest absolute Gasteiger partial charge is 0.328 e. The molecule has 4 heteroatoms. The largest absolute Gasteiger partial charge is 0.478 e. The second kappa shape index (κ2) is 5.19. The van der Waals surface area contributed by atoms with Crippen LogP contribution in [0.15, 0.2) is 24.5 Å². The van der Waals surface area contributed by atoms with Crippen molar-refractivity contribution in [3.05, 3.63) is 30.1 Å². The van der Waals surface area contributed by atoms with Crippen LogP contribution < -0.4 is 5.32 Å². The highest BCUT2D eigenvalue weighted by atomic mass is 16.4. The number of nitrogens with zero attached hydrogens (tertiary/aromatic N) is 1. The van der Waals surface area contributed by atoms with Gasteiger partial charge in [-0.05, 0) is 49.1 Å². The first-order chi connectivity index (χ1) is 8.16. The summed E-state index contributed by atoms with van der Waals surface area (Å²) >= 11 is 0. The number of carbonyl (C=O) groups is 1. The van der Waals surface area contributed by atoms with Crippen molar-refractivity contribution in [3.63, 3.8) is 0 Å². The molecule has 0 spiro atoms. The average molecular weight is 234 g/mol. The van der Waals surface area contributed by atoms with Crippen LogP contribution in [0.5, 0.6) is 0 Å². The lowest BCUT2D eigenvalue weighted by Gasteiger charge is -2.24. The van der Waals surface area contributed by atoms with Crippen LogP contribution in [-0.4, -0.2) is 28.7 Å². The molecule has 2 N–H and O–H groups in total. The van der Waals surface area contributed by atoms with Crippen molar-refractivity contribution in [3.8, 4) is 0 Å². The van der Waals surface area contributed by atoms with Crippen molar-refractivity contribution in [1.82, 2.24) is 9.88 Å². The standard InChI is InChI=1S/C13H18N2O2/c1-15-7-4-11(9-15)12(8-13(16)17)10-2-5-14-6-3-10/h4,7-10,14H,2-3,5-6H2,1H3,(H,16,17)/b12-8+. The van der Waals surface area contributed by atoms with E-state index >= 15 is 0 Å². The van der Waals surface area contributed by atoms with Gasteiger partial charge in [0, 0.05) is 25.5 Å². The van der Waals surface area contributed by atoms with E-state index in [1.165, 1.54) is 6.08 Å². The van der Waals surface area contributed by atoms with Gasteiger partial charge in [0.25, 0.3) is 0 Å². The molecule has 4 nitrogen and oxygen atoms in total. The third kappa shape index (κ3) is 2.97. The van der Waals surface area contributed by atoms with E-state index in [0.29, 0.717) is 5.92 Å². The number of piperidine rings is 1. The Kier molecular flexibility index (Phi) is 3.64. The normalized spacial score (nSPS) is 18.3. The molecule has 1 aromatic heterocycles. The van der Waals surface area contributed by atoms with Gasteiger partial charge in [0.2, 0.25) is 0 Å². The first kappa shape index (κ1) is 11.9. The maximum absolute atomic E-state index is 10.9. The first-order valence-electron chi connectivity index (χ1n) is 5.94. The fourth-order valence-corrected chi connectivity index (χ4v) is 2.38. The van der Waals surface area contributed by atoms with Crippen molar-refractivity contribution in [1.29, 1.82) is 0 Å². The summed E-state index contributed by atoms with van der Waals surface area (Å²) < 4.78 is 1.95. The summed E-state index contributed by atoms with van der Waals surface area (Å²) in [5.41, 5.74) is 1.99. The average Bonchev–Trinajstić information content (AvgIpc) is 2.73. The number of hydrogen-bond acceptors (Lipinski definition) is 2. The van der Waals surface area contributed by atoms with E-state index in [4.69, 9.17) is 5.11 Å². The Morgan fingerprint density at radius 3 is 2.76 bits per heavy atom. The lowest BCUT2D eigenvalue weighted by molar-refractivity contribution is -0.131. The Bertz CT molecular complexity index is 428. The molecule has 17 heavy (non-hydrogen) atoms. The molecule has 2 heterocycles. The summed E-state index contributed by atoms with van der Waals surface area (Å²) in [7, 11) is 1.95. The Balaban J connectivity index is 2.27. The number of rotatable bonds is 3. The van der Waals surface area contributed by atoms with Crippen LogP contribution in [0.25, 0.3) is 5.57 Å². The van der Waals surface area contributed by atoms with E-state index in [9.17, 15) is 4.79 Å². The van der Waals surface area contributed by atoms with Gasteiger partial charge >= 0.3 is 5.97 Å². The molecule has 0 unspecified atom stereocenters. The predicted molar refractivity (Wildman–Crippen MR) is 66.6 cm³/mol. The molecule has 92 valence electrons. The number of nitrogens with one attached hydrogen (secondary N) is 1. The Hall–Kier alpha value is -1.55. The Morgan fingerprint density at radius 2 is 2.24 bits per heavy atom. The zero-order chi connectivity index (χ0) is 12.3. The zero-order valence-corrected chi connectivity index (χ0v) is 10.0. The summed E-state index contributed by atoms with van der Waals surface area (Å²) in [4.78, 5) is 10.9. The molecule has 0 saturated carbocycles. The van der Waals surface area contributed by atoms with Crippen molar-refractivity contribution in [2.75, 3.05) is 13.1 Å². The number of carboxylic acids is 1. The fourth-order valence-electron chi connectivity index (χ4n) is 2.38. The monoisotopic (exact) mass is 234 g/mol. The van der Waals surface area contributed by atoms with E-state index < -0.39 is 5.97 Å². The lowest BCUT2D eigenvalue weighted by atomic mass is 9.86. The van der Waals surface area contributed by atoms with Gasteiger partial charge in [-0.2, -0.15) is 0 Å².